The van der Waals surface area contributed by atoms with E-state index >= 15 is 0 Å². The van der Waals surface area contributed by atoms with E-state index in [1.54, 1.807) is 0 Å². The quantitative estimate of drug-likeness (QED) is 0.0264. The molecule has 9 heteroatoms. The van der Waals surface area contributed by atoms with Crippen LogP contribution in [0, 0.1) is 0 Å². The average Bonchev–Trinajstić information content (AvgIpc) is 3.22. The van der Waals surface area contributed by atoms with E-state index < -0.39 is 49.5 Å². The van der Waals surface area contributed by atoms with Crippen molar-refractivity contribution in [2.75, 3.05) is 13.2 Å². The van der Waals surface area contributed by atoms with Gasteiger partial charge in [0.05, 0.1) is 25.4 Å². The summed E-state index contributed by atoms with van der Waals surface area (Å²) in [6.07, 6.45) is 41.6. The van der Waals surface area contributed by atoms with E-state index in [4.69, 9.17) is 9.47 Å². The van der Waals surface area contributed by atoms with Gasteiger partial charge in [-0.15, -0.1) is 0 Å². The molecular formula is C49H91NO8. The van der Waals surface area contributed by atoms with Gasteiger partial charge >= 0.3 is 0 Å². The van der Waals surface area contributed by atoms with Crippen molar-refractivity contribution < 1.29 is 39.8 Å². The van der Waals surface area contributed by atoms with Gasteiger partial charge in [0.15, 0.2) is 6.29 Å². The van der Waals surface area contributed by atoms with E-state index in [0.717, 1.165) is 64.2 Å². The van der Waals surface area contributed by atoms with Gasteiger partial charge in [0, 0.05) is 6.42 Å². The van der Waals surface area contributed by atoms with Crippen LogP contribution in [0.2, 0.25) is 0 Å². The number of aliphatic hydroxyl groups is 5. The highest BCUT2D eigenvalue weighted by molar-refractivity contribution is 5.76. The normalized spacial score (nSPS) is 21.1. The van der Waals surface area contributed by atoms with Crippen molar-refractivity contribution in [3.63, 3.8) is 0 Å². The van der Waals surface area contributed by atoms with Crippen LogP contribution in [0.1, 0.15) is 213 Å². The Morgan fingerprint density at radius 2 is 1.07 bits per heavy atom. The number of ether oxygens (including phenoxy) is 2. The summed E-state index contributed by atoms with van der Waals surface area (Å²) in [4.78, 5) is 12.9. The van der Waals surface area contributed by atoms with Gasteiger partial charge in [0.25, 0.3) is 0 Å². The first-order chi connectivity index (χ1) is 28.3. The lowest BCUT2D eigenvalue weighted by Crippen LogP contribution is -2.60. The number of aliphatic hydroxyl groups excluding tert-OH is 5. The molecule has 0 spiro atoms. The smallest absolute Gasteiger partial charge is 0.220 e. The predicted molar refractivity (Wildman–Crippen MR) is 240 cm³/mol. The summed E-state index contributed by atoms with van der Waals surface area (Å²) in [7, 11) is 0. The van der Waals surface area contributed by atoms with Crippen molar-refractivity contribution in [3.8, 4) is 0 Å². The van der Waals surface area contributed by atoms with Gasteiger partial charge in [-0.2, -0.15) is 0 Å². The summed E-state index contributed by atoms with van der Waals surface area (Å²) in [5.74, 6) is -0.173. The number of carbonyl (C=O) groups excluding carboxylic acids is 1. The fourth-order valence-corrected chi connectivity index (χ4v) is 7.65. The molecule has 1 amide bonds. The molecule has 7 unspecified atom stereocenters. The minimum atomic E-state index is -1.56. The van der Waals surface area contributed by atoms with Crippen LogP contribution in [0.4, 0.5) is 0 Å². The number of allylic oxidation sites excluding steroid dienone is 6. The van der Waals surface area contributed by atoms with Crippen LogP contribution in [0.15, 0.2) is 36.5 Å². The molecule has 1 aliphatic rings. The zero-order valence-electron chi connectivity index (χ0n) is 37.3. The third kappa shape index (κ3) is 29.6. The topological polar surface area (TPSA) is 149 Å². The second kappa shape index (κ2) is 39.5. The molecule has 1 fully saturated rings. The molecule has 0 aromatic carbocycles. The molecular weight excluding hydrogens is 731 g/mol. The van der Waals surface area contributed by atoms with Gasteiger partial charge in [-0.1, -0.05) is 198 Å². The van der Waals surface area contributed by atoms with Gasteiger partial charge in [-0.3, -0.25) is 4.79 Å². The highest BCUT2D eigenvalue weighted by Crippen LogP contribution is 2.23. The lowest BCUT2D eigenvalue weighted by Gasteiger charge is -2.40. The third-order valence-corrected chi connectivity index (χ3v) is 11.5. The number of nitrogens with one attached hydrogen (secondary N) is 1. The molecule has 0 radical (unpaired) electrons. The predicted octanol–water partition coefficient (Wildman–Crippen LogP) is 10.5. The van der Waals surface area contributed by atoms with Crippen LogP contribution in [-0.4, -0.2) is 87.5 Å². The summed E-state index contributed by atoms with van der Waals surface area (Å²) in [6.45, 7) is 3.71. The molecule has 340 valence electrons. The molecule has 9 nitrogen and oxygen atoms in total. The maximum absolute atomic E-state index is 12.9. The van der Waals surface area contributed by atoms with Crippen molar-refractivity contribution in [1.82, 2.24) is 5.32 Å². The van der Waals surface area contributed by atoms with Crippen LogP contribution in [0.3, 0.4) is 0 Å². The lowest BCUT2D eigenvalue weighted by molar-refractivity contribution is -0.302. The van der Waals surface area contributed by atoms with Gasteiger partial charge in [0.2, 0.25) is 5.91 Å². The Morgan fingerprint density at radius 3 is 1.57 bits per heavy atom. The van der Waals surface area contributed by atoms with E-state index in [9.17, 15) is 30.3 Å². The molecule has 0 saturated carbocycles. The fraction of sp³-hybridized carbons (Fsp3) is 0.857. The zero-order chi connectivity index (χ0) is 42.3. The molecule has 7 atom stereocenters. The van der Waals surface area contributed by atoms with Gasteiger partial charge in [-0.25, -0.2) is 0 Å². The van der Waals surface area contributed by atoms with Crippen LogP contribution in [0.25, 0.3) is 0 Å². The van der Waals surface area contributed by atoms with Crippen LogP contribution < -0.4 is 5.32 Å². The Labute approximate surface area is 355 Å². The molecule has 0 aromatic rings. The molecule has 58 heavy (non-hydrogen) atoms. The number of hydrogen-bond acceptors (Lipinski definition) is 8. The van der Waals surface area contributed by atoms with Gasteiger partial charge < -0.3 is 40.3 Å². The monoisotopic (exact) mass is 822 g/mol. The largest absolute Gasteiger partial charge is 0.394 e. The Morgan fingerprint density at radius 1 is 0.603 bits per heavy atom. The first-order valence-corrected chi connectivity index (χ1v) is 24.2. The molecule has 1 aliphatic heterocycles. The summed E-state index contributed by atoms with van der Waals surface area (Å²) in [5, 5.41) is 54.4. The summed E-state index contributed by atoms with van der Waals surface area (Å²) in [6, 6.07) is -0.733. The second-order valence-electron chi connectivity index (χ2n) is 16.9. The minimum Gasteiger partial charge on any atom is -0.394 e. The van der Waals surface area contributed by atoms with Gasteiger partial charge in [0.1, 0.15) is 24.4 Å². The third-order valence-electron chi connectivity index (χ3n) is 11.5. The van der Waals surface area contributed by atoms with Gasteiger partial charge in [-0.05, 0) is 44.9 Å². The molecule has 0 aliphatic carbocycles. The molecule has 1 heterocycles. The zero-order valence-corrected chi connectivity index (χ0v) is 37.3. The fourth-order valence-electron chi connectivity index (χ4n) is 7.65. The summed E-state index contributed by atoms with van der Waals surface area (Å²) in [5.41, 5.74) is 0. The molecule has 1 rings (SSSR count). The molecule has 0 bridgehead atoms. The number of rotatable bonds is 40. The molecule has 6 N–H and O–H groups in total. The van der Waals surface area contributed by atoms with E-state index in [1.165, 1.54) is 122 Å². The average molecular weight is 822 g/mol. The van der Waals surface area contributed by atoms with Crippen molar-refractivity contribution in [1.29, 1.82) is 0 Å². The second-order valence-corrected chi connectivity index (χ2v) is 16.9. The molecule has 1 saturated heterocycles. The lowest BCUT2D eigenvalue weighted by atomic mass is 9.99. The van der Waals surface area contributed by atoms with Crippen molar-refractivity contribution >= 4 is 5.91 Å². The number of unbranched alkanes of at least 4 members (excludes halogenated alkanes) is 24. The maximum atomic E-state index is 12.9. The summed E-state index contributed by atoms with van der Waals surface area (Å²) < 4.78 is 11.3. The van der Waals surface area contributed by atoms with Crippen molar-refractivity contribution in [3.05, 3.63) is 36.5 Å². The minimum absolute atomic E-state index is 0.150. The first-order valence-electron chi connectivity index (χ1n) is 24.2. The van der Waals surface area contributed by atoms with E-state index in [1.807, 2.05) is 0 Å². The number of hydrogen-bond donors (Lipinski definition) is 6. The number of carbonyl (C=O) groups is 1. The summed E-state index contributed by atoms with van der Waals surface area (Å²) >= 11 is 0. The van der Waals surface area contributed by atoms with Crippen LogP contribution in [0.5, 0.6) is 0 Å². The number of amides is 1. The van der Waals surface area contributed by atoms with E-state index in [-0.39, 0.29) is 12.5 Å². The van der Waals surface area contributed by atoms with Crippen LogP contribution >= 0.6 is 0 Å². The highest BCUT2D eigenvalue weighted by Gasteiger charge is 2.44. The maximum Gasteiger partial charge on any atom is 0.220 e. The van der Waals surface area contributed by atoms with Crippen molar-refractivity contribution in [2.45, 2.75) is 256 Å². The Bertz CT molecular complexity index is 1000. The Balaban J connectivity index is 2.28. The SMILES string of the molecule is CC/C=C\C/C=C\C/C=C\CCCCCC(=O)NC(COC1OC(CO)C(O)C(O)C1O)C(O)CCCCCCCCCCCCCCCCCCCCCCCC. The van der Waals surface area contributed by atoms with E-state index in [2.05, 4.69) is 55.6 Å². The molecule has 0 aromatic heterocycles. The van der Waals surface area contributed by atoms with Crippen molar-refractivity contribution in [2.24, 2.45) is 0 Å². The Hall–Kier alpha value is -1.59. The Kier molecular flexibility index (Phi) is 37.1. The van der Waals surface area contributed by atoms with E-state index in [0.29, 0.717) is 12.8 Å². The highest BCUT2D eigenvalue weighted by atomic mass is 16.7. The standard InChI is InChI=1S/C49H91NO8/c1-3-5-7-9-11-13-15-17-18-19-20-21-22-23-24-25-27-28-30-32-34-36-38-43(52)42(41-57-49-48(56)47(55)46(54)44(40-51)58-49)50-45(53)39-37-35-33-31-29-26-16-14-12-10-8-6-4-2/h6,8,12,14,26,29,42-44,46-49,51-52,54-56H,3-5,7,9-11,13,15-25,27-28,30-41H2,1-2H3,(H,50,53)/b8-6-,14-12-,29-26-. The first kappa shape index (κ1) is 54.4. The van der Waals surface area contributed by atoms with Crippen LogP contribution in [-0.2, 0) is 14.3 Å².